The summed E-state index contributed by atoms with van der Waals surface area (Å²) in [4.78, 5) is 20.0. The molecule has 1 saturated heterocycles. The number of nitrogens with one attached hydrogen (secondary N) is 1. The summed E-state index contributed by atoms with van der Waals surface area (Å²) in [5.41, 5.74) is 4.39. The number of pyridine rings is 1. The molecule has 3 heterocycles. The number of nitrogens with zero attached hydrogens (tertiary/aromatic N) is 4. The fraction of sp³-hybridized carbons (Fsp3) is 0.409. The molecule has 0 bridgehead atoms. The van der Waals surface area contributed by atoms with E-state index in [2.05, 4.69) is 40.2 Å². The second kappa shape index (κ2) is 7.62. The molecular weight excluding hydrogens is 350 g/mol. The van der Waals surface area contributed by atoms with Crippen molar-refractivity contribution in [3.8, 4) is 0 Å². The van der Waals surface area contributed by atoms with Crippen molar-refractivity contribution in [2.75, 3.05) is 23.3 Å². The molecule has 1 aliphatic rings. The third-order valence-corrected chi connectivity index (χ3v) is 5.37. The van der Waals surface area contributed by atoms with Crippen molar-refractivity contribution in [1.82, 2.24) is 14.8 Å². The van der Waals surface area contributed by atoms with Crippen molar-refractivity contribution in [2.24, 2.45) is 0 Å². The van der Waals surface area contributed by atoms with Gasteiger partial charge in [-0.2, -0.15) is 5.10 Å². The van der Waals surface area contributed by atoms with Crippen LogP contribution >= 0.6 is 0 Å². The highest BCUT2D eigenvalue weighted by Gasteiger charge is 2.20. The molecule has 6 heteroatoms. The Morgan fingerprint density at radius 2 is 2.00 bits per heavy atom. The predicted octanol–water partition coefficient (Wildman–Crippen LogP) is 4.43. The summed E-state index contributed by atoms with van der Waals surface area (Å²) in [5, 5.41) is 8.61. The largest absolute Gasteiger partial charge is 0.370 e. The van der Waals surface area contributed by atoms with Gasteiger partial charge in [0.15, 0.2) is 0 Å². The van der Waals surface area contributed by atoms with Crippen LogP contribution in [0.15, 0.2) is 36.5 Å². The van der Waals surface area contributed by atoms with E-state index in [9.17, 15) is 4.79 Å². The Bertz CT molecular complexity index is 1000. The smallest absolute Gasteiger partial charge is 0.273 e. The minimum Gasteiger partial charge on any atom is -0.370 e. The normalized spacial score (nSPS) is 14.2. The quantitative estimate of drug-likeness (QED) is 0.715. The maximum atomic E-state index is 13.0. The third kappa shape index (κ3) is 3.35. The van der Waals surface area contributed by atoms with Crippen LogP contribution in [0.5, 0.6) is 0 Å². The summed E-state index contributed by atoms with van der Waals surface area (Å²) in [6.07, 6.45) is 4.24. The van der Waals surface area contributed by atoms with Gasteiger partial charge in [0, 0.05) is 31.2 Å². The number of hydrogen-bond donors (Lipinski definition) is 1. The number of anilines is 2. The van der Waals surface area contributed by atoms with Crippen LogP contribution < -0.4 is 10.2 Å². The van der Waals surface area contributed by atoms with Gasteiger partial charge in [-0.25, -0.2) is 0 Å². The van der Waals surface area contributed by atoms with Gasteiger partial charge in [0.25, 0.3) is 5.91 Å². The molecule has 0 atom stereocenters. The lowest BCUT2D eigenvalue weighted by atomic mass is 10.1. The summed E-state index contributed by atoms with van der Waals surface area (Å²) in [6.45, 7) is 8.94. The van der Waals surface area contributed by atoms with E-state index in [1.165, 1.54) is 12.8 Å². The van der Waals surface area contributed by atoms with Gasteiger partial charge in [0.05, 0.1) is 22.6 Å². The Kier molecular flexibility index (Phi) is 5.03. The van der Waals surface area contributed by atoms with E-state index in [1.807, 2.05) is 37.4 Å². The van der Waals surface area contributed by atoms with Crippen LogP contribution in [0.1, 0.15) is 55.7 Å². The van der Waals surface area contributed by atoms with E-state index >= 15 is 0 Å². The number of rotatable bonds is 5. The van der Waals surface area contributed by atoms with Gasteiger partial charge in [-0.15, -0.1) is 0 Å². The average molecular weight is 377 g/mol. The molecule has 28 heavy (non-hydrogen) atoms. The van der Waals surface area contributed by atoms with Gasteiger partial charge in [0.1, 0.15) is 5.69 Å². The van der Waals surface area contributed by atoms with Crippen LogP contribution in [0.4, 0.5) is 11.4 Å². The first kappa shape index (κ1) is 18.5. The van der Waals surface area contributed by atoms with Crippen molar-refractivity contribution in [1.29, 1.82) is 0 Å². The Balaban J connectivity index is 1.69. The van der Waals surface area contributed by atoms with Crippen LogP contribution in [-0.2, 0) is 6.54 Å². The number of aromatic nitrogens is 3. The topological polar surface area (TPSA) is 63.1 Å². The lowest BCUT2D eigenvalue weighted by Gasteiger charge is -2.20. The summed E-state index contributed by atoms with van der Waals surface area (Å²) in [5.74, 6) is 0.143. The van der Waals surface area contributed by atoms with Crippen LogP contribution in [0.25, 0.3) is 10.9 Å². The lowest BCUT2D eigenvalue weighted by molar-refractivity contribution is 0.101. The third-order valence-electron chi connectivity index (χ3n) is 5.37. The van der Waals surface area contributed by atoms with Crippen molar-refractivity contribution < 1.29 is 4.79 Å². The van der Waals surface area contributed by atoms with E-state index in [0.29, 0.717) is 12.2 Å². The minimum absolute atomic E-state index is 0.139. The van der Waals surface area contributed by atoms with Gasteiger partial charge < -0.3 is 10.2 Å². The summed E-state index contributed by atoms with van der Waals surface area (Å²) < 4.78 is 1.77. The second-order valence-corrected chi connectivity index (χ2v) is 7.61. The van der Waals surface area contributed by atoms with Gasteiger partial charge in [-0.1, -0.05) is 13.8 Å². The summed E-state index contributed by atoms with van der Waals surface area (Å²) >= 11 is 0. The molecule has 4 rings (SSSR count). The highest BCUT2D eigenvalue weighted by atomic mass is 16.2. The van der Waals surface area contributed by atoms with Gasteiger partial charge in [0.2, 0.25) is 0 Å². The van der Waals surface area contributed by atoms with E-state index in [-0.39, 0.29) is 11.8 Å². The fourth-order valence-corrected chi connectivity index (χ4v) is 3.81. The summed E-state index contributed by atoms with van der Waals surface area (Å²) in [6, 6.07) is 9.90. The Hall–Kier alpha value is -2.89. The number of amides is 1. The molecule has 1 amide bonds. The first-order valence-electron chi connectivity index (χ1n) is 10.1. The van der Waals surface area contributed by atoms with Gasteiger partial charge in [-0.3, -0.25) is 14.5 Å². The molecule has 2 aromatic heterocycles. The fourth-order valence-electron chi connectivity index (χ4n) is 3.81. The number of carbonyl (C=O) groups excluding carboxylic acids is 1. The monoisotopic (exact) mass is 377 g/mol. The molecule has 1 aromatic carbocycles. The predicted molar refractivity (Wildman–Crippen MR) is 113 cm³/mol. The maximum Gasteiger partial charge on any atom is 0.273 e. The number of carbonyl (C=O) groups is 1. The standard InChI is InChI=1S/C22H27N5O/c1-4-27-20(14-18(25-27)15(2)3)22(28)24-17-9-10-19(26-12-5-6-13-26)21-16(17)8-7-11-23-21/h7-11,14-15H,4-6,12-13H2,1-3H3,(H,24,28). The Morgan fingerprint density at radius 1 is 1.21 bits per heavy atom. The first-order chi connectivity index (χ1) is 13.6. The van der Waals surface area contributed by atoms with Crippen LogP contribution in [-0.4, -0.2) is 33.8 Å². The van der Waals surface area contributed by atoms with Crippen LogP contribution in [0, 0.1) is 0 Å². The molecule has 1 aliphatic heterocycles. The molecule has 1 N–H and O–H groups in total. The first-order valence-corrected chi connectivity index (χ1v) is 10.1. The zero-order valence-corrected chi connectivity index (χ0v) is 16.8. The molecule has 6 nitrogen and oxygen atoms in total. The van der Waals surface area contributed by atoms with Crippen LogP contribution in [0.3, 0.4) is 0 Å². The second-order valence-electron chi connectivity index (χ2n) is 7.61. The molecule has 0 radical (unpaired) electrons. The molecule has 0 aliphatic carbocycles. The SMILES string of the molecule is CCn1nc(C(C)C)cc1C(=O)Nc1ccc(N2CCCC2)c2ncccc12. The summed E-state index contributed by atoms with van der Waals surface area (Å²) in [7, 11) is 0. The van der Waals surface area contributed by atoms with Crippen LogP contribution in [0.2, 0.25) is 0 Å². The highest BCUT2D eigenvalue weighted by molar-refractivity contribution is 6.09. The van der Waals surface area contributed by atoms with Gasteiger partial charge >= 0.3 is 0 Å². The molecular formula is C22H27N5O. The van der Waals surface area contributed by atoms with Crippen molar-refractivity contribution in [2.45, 2.75) is 46.1 Å². The van der Waals surface area contributed by atoms with E-state index in [1.54, 1.807) is 4.68 Å². The molecule has 1 fully saturated rings. The van der Waals surface area contributed by atoms with Crippen molar-refractivity contribution in [3.63, 3.8) is 0 Å². The zero-order valence-electron chi connectivity index (χ0n) is 16.8. The maximum absolute atomic E-state index is 13.0. The van der Waals surface area contributed by atoms with Crippen molar-refractivity contribution in [3.05, 3.63) is 47.9 Å². The number of hydrogen-bond acceptors (Lipinski definition) is 4. The average Bonchev–Trinajstić information content (AvgIpc) is 3.38. The molecule has 0 saturated carbocycles. The Morgan fingerprint density at radius 3 is 2.71 bits per heavy atom. The van der Waals surface area contributed by atoms with E-state index in [0.717, 1.165) is 41.1 Å². The number of fused-ring (bicyclic) bond motifs is 1. The lowest BCUT2D eigenvalue weighted by Crippen LogP contribution is -2.19. The van der Waals surface area contributed by atoms with Gasteiger partial charge in [-0.05, 0) is 56.0 Å². The highest BCUT2D eigenvalue weighted by Crippen LogP contribution is 2.32. The molecule has 0 spiro atoms. The van der Waals surface area contributed by atoms with E-state index in [4.69, 9.17) is 0 Å². The number of benzene rings is 1. The zero-order chi connectivity index (χ0) is 19.7. The molecule has 3 aromatic rings. The molecule has 0 unspecified atom stereocenters. The molecule has 146 valence electrons. The number of aryl methyl sites for hydroxylation is 1. The Labute approximate surface area is 165 Å². The van der Waals surface area contributed by atoms with E-state index < -0.39 is 0 Å². The van der Waals surface area contributed by atoms with Crippen molar-refractivity contribution >= 4 is 28.2 Å². The minimum atomic E-state index is -0.139.